The van der Waals surface area contributed by atoms with Gasteiger partial charge in [-0.05, 0) is 42.2 Å². The monoisotopic (exact) mass is 403 g/mol. The standard InChI is InChI=1S/C25H26FN3O/c1-2-3-4-5-6-7-21-16-28-25(29-17-21)22-11-8-19(9-12-22)18-30-24-13-10-20(15-27)14-23(24)26/h8-14,16-17H,2-7,18H2,1H3. The molecule has 0 aliphatic carbocycles. The summed E-state index contributed by atoms with van der Waals surface area (Å²) in [6.07, 6.45) is 11.1. The van der Waals surface area contributed by atoms with Crippen molar-refractivity contribution in [3.63, 3.8) is 0 Å². The van der Waals surface area contributed by atoms with Crippen molar-refractivity contribution in [2.45, 2.75) is 52.1 Å². The highest BCUT2D eigenvalue weighted by molar-refractivity contribution is 5.55. The van der Waals surface area contributed by atoms with E-state index in [9.17, 15) is 4.39 Å². The van der Waals surface area contributed by atoms with E-state index in [1.54, 1.807) is 0 Å². The molecule has 2 aromatic carbocycles. The van der Waals surface area contributed by atoms with Gasteiger partial charge in [-0.1, -0.05) is 56.9 Å². The largest absolute Gasteiger partial charge is 0.486 e. The average molecular weight is 404 g/mol. The van der Waals surface area contributed by atoms with Crippen molar-refractivity contribution in [3.05, 3.63) is 77.4 Å². The van der Waals surface area contributed by atoms with Crippen LogP contribution in [0.2, 0.25) is 0 Å². The Bertz CT molecular complexity index is 979. The van der Waals surface area contributed by atoms with E-state index in [-0.39, 0.29) is 17.9 Å². The molecule has 0 aliphatic rings. The third-order valence-electron chi connectivity index (χ3n) is 4.94. The Morgan fingerprint density at radius 1 is 0.933 bits per heavy atom. The van der Waals surface area contributed by atoms with Crippen molar-refractivity contribution in [3.8, 4) is 23.2 Å². The van der Waals surface area contributed by atoms with Crippen LogP contribution in [0.1, 0.15) is 55.7 Å². The van der Waals surface area contributed by atoms with Crippen molar-refractivity contribution < 1.29 is 9.13 Å². The molecule has 0 saturated heterocycles. The van der Waals surface area contributed by atoms with Gasteiger partial charge in [-0.25, -0.2) is 14.4 Å². The summed E-state index contributed by atoms with van der Waals surface area (Å²) < 4.78 is 19.4. The molecule has 0 N–H and O–H groups in total. The molecule has 0 unspecified atom stereocenters. The number of ether oxygens (including phenoxy) is 1. The molecule has 154 valence electrons. The summed E-state index contributed by atoms with van der Waals surface area (Å²) in [7, 11) is 0. The highest BCUT2D eigenvalue weighted by Gasteiger charge is 2.06. The zero-order valence-electron chi connectivity index (χ0n) is 17.3. The van der Waals surface area contributed by atoms with Crippen LogP contribution >= 0.6 is 0 Å². The Balaban J connectivity index is 1.53. The SMILES string of the molecule is CCCCCCCc1cnc(-c2ccc(COc3ccc(C#N)cc3F)cc2)nc1. The Labute approximate surface area is 177 Å². The molecule has 4 nitrogen and oxygen atoms in total. The summed E-state index contributed by atoms with van der Waals surface area (Å²) in [4.78, 5) is 8.99. The van der Waals surface area contributed by atoms with Gasteiger partial charge in [0.15, 0.2) is 17.4 Å². The van der Waals surface area contributed by atoms with Gasteiger partial charge in [0.2, 0.25) is 0 Å². The van der Waals surface area contributed by atoms with Gasteiger partial charge in [-0.3, -0.25) is 0 Å². The Kier molecular flexibility index (Phi) is 7.91. The number of nitrogens with zero attached hydrogens (tertiary/aromatic N) is 3. The molecule has 1 aromatic heterocycles. The summed E-state index contributed by atoms with van der Waals surface area (Å²) >= 11 is 0. The highest BCUT2D eigenvalue weighted by atomic mass is 19.1. The number of rotatable bonds is 10. The normalized spacial score (nSPS) is 10.6. The Morgan fingerprint density at radius 3 is 2.33 bits per heavy atom. The maximum absolute atomic E-state index is 13.9. The number of halogens is 1. The van der Waals surface area contributed by atoms with E-state index in [1.807, 2.05) is 42.7 Å². The van der Waals surface area contributed by atoms with Crippen LogP contribution in [-0.4, -0.2) is 9.97 Å². The second kappa shape index (κ2) is 11.1. The van der Waals surface area contributed by atoms with Crippen molar-refractivity contribution in [1.82, 2.24) is 9.97 Å². The van der Waals surface area contributed by atoms with Crippen molar-refractivity contribution in [2.24, 2.45) is 0 Å². The van der Waals surface area contributed by atoms with Crippen LogP contribution in [0.5, 0.6) is 5.75 Å². The fourth-order valence-electron chi connectivity index (χ4n) is 3.16. The van der Waals surface area contributed by atoms with Crippen molar-refractivity contribution in [1.29, 1.82) is 5.26 Å². The van der Waals surface area contributed by atoms with Crippen LogP contribution < -0.4 is 4.74 Å². The Hall–Kier alpha value is -3.26. The summed E-state index contributed by atoms with van der Waals surface area (Å²) in [6, 6.07) is 13.8. The number of aromatic nitrogens is 2. The molecule has 0 spiro atoms. The quantitative estimate of drug-likeness (QED) is 0.376. The minimum absolute atomic E-state index is 0.131. The first-order chi connectivity index (χ1) is 14.7. The van der Waals surface area contributed by atoms with Crippen molar-refractivity contribution in [2.75, 3.05) is 0 Å². The first-order valence-electron chi connectivity index (χ1n) is 10.4. The van der Waals surface area contributed by atoms with Crippen LogP contribution in [0.4, 0.5) is 4.39 Å². The van der Waals surface area contributed by atoms with Gasteiger partial charge in [0.1, 0.15) is 6.61 Å². The van der Waals surface area contributed by atoms with Gasteiger partial charge in [-0.15, -0.1) is 0 Å². The fourth-order valence-corrected chi connectivity index (χ4v) is 3.16. The van der Waals surface area contributed by atoms with E-state index in [2.05, 4.69) is 16.9 Å². The molecule has 30 heavy (non-hydrogen) atoms. The lowest BCUT2D eigenvalue weighted by atomic mass is 10.1. The second-order valence-electron chi connectivity index (χ2n) is 7.32. The van der Waals surface area contributed by atoms with Gasteiger partial charge >= 0.3 is 0 Å². The number of benzene rings is 2. The van der Waals surface area contributed by atoms with E-state index in [0.717, 1.165) is 17.5 Å². The first kappa shape index (κ1) is 21.4. The maximum Gasteiger partial charge on any atom is 0.166 e. The second-order valence-corrected chi connectivity index (χ2v) is 7.32. The van der Waals surface area contributed by atoms with Crippen LogP contribution in [-0.2, 0) is 13.0 Å². The predicted octanol–water partition coefficient (Wildman–Crippen LogP) is 6.25. The predicted molar refractivity (Wildman–Crippen MR) is 115 cm³/mol. The van der Waals surface area contributed by atoms with Crippen LogP contribution in [0.3, 0.4) is 0 Å². The van der Waals surface area contributed by atoms with E-state index in [0.29, 0.717) is 5.82 Å². The lowest BCUT2D eigenvalue weighted by Gasteiger charge is -2.08. The minimum Gasteiger partial charge on any atom is -0.486 e. The average Bonchev–Trinajstić information content (AvgIpc) is 2.79. The molecule has 0 radical (unpaired) electrons. The van der Waals surface area contributed by atoms with Crippen LogP contribution in [0.15, 0.2) is 54.9 Å². The summed E-state index contributed by atoms with van der Waals surface area (Å²) in [5.74, 6) is 0.284. The number of unbranched alkanes of at least 4 members (excludes halogenated alkanes) is 4. The number of nitriles is 1. The maximum atomic E-state index is 13.9. The molecule has 0 fully saturated rings. The minimum atomic E-state index is -0.537. The van der Waals surface area contributed by atoms with Gasteiger partial charge in [0, 0.05) is 18.0 Å². The van der Waals surface area contributed by atoms with Crippen LogP contribution in [0.25, 0.3) is 11.4 Å². The van der Waals surface area contributed by atoms with Gasteiger partial charge < -0.3 is 4.74 Å². The molecule has 3 rings (SSSR count). The van der Waals surface area contributed by atoms with E-state index < -0.39 is 5.82 Å². The lowest BCUT2D eigenvalue weighted by Crippen LogP contribution is -1.98. The first-order valence-corrected chi connectivity index (χ1v) is 10.4. The molecule has 1 heterocycles. The number of hydrogen-bond donors (Lipinski definition) is 0. The molecule has 0 atom stereocenters. The zero-order valence-corrected chi connectivity index (χ0v) is 17.3. The smallest absolute Gasteiger partial charge is 0.166 e. The molecular weight excluding hydrogens is 377 g/mol. The van der Waals surface area contributed by atoms with Crippen molar-refractivity contribution >= 4 is 0 Å². The molecule has 0 saturated carbocycles. The number of hydrogen-bond acceptors (Lipinski definition) is 4. The van der Waals surface area contributed by atoms with E-state index in [4.69, 9.17) is 10.00 Å². The van der Waals surface area contributed by atoms with Crippen LogP contribution in [0, 0.1) is 17.1 Å². The third-order valence-corrected chi connectivity index (χ3v) is 4.94. The van der Waals surface area contributed by atoms with E-state index in [1.165, 1.54) is 55.9 Å². The summed E-state index contributed by atoms with van der Waals surface area (Å²) in [5, 5.41) is 8.79. The third kappa shape index (κ3) is 6.12. The lowest BCUT2D eigenvalue weighted by molar-refractivity contribution is 0.290. The van der Waals surface area contributed by atoms with E-state index >= 15 is 0 Å². The molecule has 5 heteroatoms. The molecular formula is C25H26FN3O. The molecule has 0 aliphatic heterocycles. The summed E-state index contributed by atoms with van der Waals surface area (Å²) in [5.41, 5.74) is 3.28. The summed E-state index contributed by atoms with van der Waals surface area (Å²) in [6.45, 7) is 2.46. The molecule has 0 bridgehead atoms. The Morgan fingerprint density at radius 2 is 1.67 bits per heavy atom. The molecule has 3 aromatic rings. The number of aryl methyl sites for hydroxylation is 1. The van der Waals surface area contributed by atoms with Gasteiger partial charge in [-0.2, -0.15) is 5.26 Å². The zero-order chi connectivity index (χ0) is 21.2. The van der Waals surface area contributed by atoms with Gasteiger partial charge in [0.25, 0.3) is 0 Å². The van der Waals surface area contributed by atoms with Gasteiger partial charge in [0.05, 0.1) is 11.6 Å². The highest BCUT2D eigenvalue weighted by Crippen LogP contribution is 2.21. The topological polar surface area (TPSA) is 58.8 Å². The molecule has 0 amide bonds. The fraction of sp³-hybridized carbons (Fsp3) is 0.320.